The number of hydrogen-bond acceptors (Lipinski definition) is 4. The summed E-state index contributed by atoms with van der Waals surface area (Å²) >= 11 is 0. The highest BCUT2D eigenvalue weighted by molar-refractivity contribution is 5.78. The molecule has 7 nitrogen and oxygen atoms in total. The fourth-order valence-electron chi connectivity index (χ4n) is 3.26. The standard InChI is InChI=1S/C21H23F3N4O3/c22-21(23,24)14-31-19-16(8-4-10-25-19)12-26-20(30)27-17(15-6-2-1-3-7-15)13-28-11-5-9-18(28)29/h1-4,6-8,10,17H,5,9,11-14H2,(H2,26,27,30). The molecule has 1 atom stereocenters. The average Bonchev–Trinajstić information content (AvgIpc) is 3.15. The quantitative estimate of drug-likeness (QED) is 0.666. The molecule has 0 radical (unpaired) electrons. The van der Waals surface area contributed by atoms with Crippen LogP contribution in [0.4, 0.5) is 18.0 Å². The molecule has 0 aliphatic carbocycles. The number of nitrogens with one attached hydrogen (secondary N) is 2. The van der Waals surface area contributed by atoms with Gasteiger partial charge in [-0.3, -0.25) is 4.79 Å². The van der Waals surface area contributed by atoms with E-state index in [2.05, 4.69) is 15.6 Å². The van der Waals surface area contributed by atoms with Crippen LogP contribution in [0.15, 0.2) is 48.7 Å². The highest BCUT2D eigenvalue weighted by atomic mass is 19.4. The average molecular weight is 436 g/mol. The number of alkyl halides is 3. The van der Waals surface area contributed by atoms with Crippen LogP contribution in [-0.2, 0) is 11.3 Å². The minimum absolute atomic E-state index is 0.0463. The molecule has 31 heavy (non-hydrogen) atoms. The second-order valence-electron chi connectivity index (χ2n) is 7.11. The Hall–Kier alpha value is -3.30. The van der Waals surface area contributed by atoms with E-state index >= 15 is 0 Å². The van der Waals surface area contributed by atoms with Crippen LogP contribution in [0.1, 0.15) is 30.0 Å². The Morgan fingerprint density at radius 1 is 1.19 bits per heavy atom. The van der Waals surface area contributed by atoms with Gasteiger partial charge in [0.25, 0.3) is 0 Å². The molecule has 3 rings (SSSR count). The van der Waals surface area contributed by atoms with E-state index in [0.29, 0.717) is 25.1 Å². The van der Waals surface area contributed by atoms with Gasteiger partial charge in [-0.15, -0.1) is 0 Å². The number of benzene rings is 1. The number of carbonyl (C=O) groups excluding carboxylic acids is 2. The fraction of sp³-hybridized carbons (Fsp3) is 0.381. The van der Waals surface area contributed by atoms with Gasteiger partial charge in [-0.25, -0.2) is 9.78 Å². The van der Waals surface area contributed by atoms with Gasteiger partial charge in [-0.05, 0) is 18.1 Å². The predicted molar refractivity (Wildman–Crippen MR) is 106 cm³/mol. The summed E-state index contributed by atoms with van der Waals surface area (Å²) in [5.41, 5.74) is 1.15. The number of amides is 3. The van der Waals surface area contributed by atoms with Crippen LogP contribution in [0.3, 0.4) is 0 Å². The summed E-state index contributed by atoms with van der Waals surface area (Å²) in [7, 11) is 0. The van der Waals surface area contributed by atoms with Crippen molar-refractivity contribution in [2.24, 2.45) is 0 Å². The lowest BCUT2D eigenvalue weighted by atomic mass is 10.1. The predicted octanol–water partition coefficient (Wildman–Crippen LogP) is 3.19. The highest BCUT2D eigenvalue weighted by Crippen LogP contribution is 2.21. The summed E-state index contributed by atoms with van der Waals surface area (Å²) in [5, 5.41) is 5.46. The molecule has 1 aromatic heterocycles. The van der Waals surface area contributed by atoms with Crippen molar-refractivity contribution in [1.82, 2.24) is 20.5 Å². The first kappa shape index (κ1) is 22.4. The molecule has 0 bridgehead atoms. The van der Waals surface area contributed by atoms with Crippen LogP contribution in [-0.4, -0.2) is 47.7 Å². The number of hydrogen-bond donors (Lipinski definition) is 2. The maximum Gasteiger partial charge on any atom is 0.422 e. The van der Waals surface area contributed by atoms with Gasteiger partial charge >= 0.3 is 12.2 Å². The molecule has 0 spiro atoms. The summed E-state index contributed by atoms with van der Waals surface area (Å²) < 4.78 is 42.0. The third kappa shape index (κ3) is 6.87. The van der Waals surface area contributed by atoms with Gasteiger partial charge in [-0.1, -0.05) is 36.4 Å². The maximum absolute atomic E-state index is 12.5. The molecule has 0 saturated carbocycles. The van der Waals surface area contributed by atoms with E-state index in [1.165, 1.54) is 12.3 Å². The zero-order valence-electron chi connectivity index (χ0n) is 16.7. The number of likely N-dealkylation sites (tertiary alicyclic amines) is 1. The Balaban J connectivity index is 1.62. The molecule has 1 aliphatic rings. The van der Waals surface area contributed by atoms with E-state index in [0.717, 1.165) is 12.0 Å². The zero-order valence-corrected chi connectivity index (χ0v) is 16.7. The summed E-state index contributed by atoms with van der Waals surface area (Å²) in [6.45, 7) is -0.565. The molecule has 2 heterocycles. The SMILES string of the molecule is O=C(NCc1cccnc1OCC(F)(F)F)NC(CN1CCCC1=O)c1ccccc1. The first-order valence-electron chi connectivity index (χ1n) is 9.82. The Morgan fingerprint density at radius 3 is 2.65 bits per heavy atom. The largest absolute Gasteiger partial charge is 0.468 e. The lowest BCUT2D eigenvalue weighted by molar-refractivity contribution is -0.154. The second kappa shape index (κ2) is 10.1. The minimum Gasteiger partial charge on any atom is -0.468 e. The summed E-state index contributed by atoms with van der Waals surface area (Å²) in [6.07, 6.45) is -1.90. The number of carbonyl (C=O) groups is 2. The van der Waals surface area contributed by atoms with E-state index in [9.17, 15) is 22.8 Å². The van der Waals surface area contributed by atoms with Crippen LogP contribution in [0, 0.1) is 0 Å². The van der Waals surface area contributed by atoms with Gasteiger partial charge in [-0.2, -0.15) is 13.2 Å². The molecule has 1 fully saturated rings. The van der Waals surface area contributed by atoms with E-state index in [1.807, 2.05) is 30.3 Å². The Labute approximate surface area is 177 Å². The van der Waals surface area contributed by atoms with Crippen molar-refractivity contribution in [3.05, 3.63) is 59.8 Å². The molecule has 10 heteroatoms. The first-order chi connectivity index (χ1) is 14.8. The Kier molecular flexibility index (Phi) is 7.32. The van der Waals surface area contributed by atoms with Gasteiger partial charge in [0.05, 0.1) is 6.04 Å². The van der Waals surface area contributed by atoms with Gasteiger partial charge in [0.1, 0.15) is 0 Å². The maximum atomic E-state index is 12.5. The number of pyridine rings is 1. The van der Waals surface area contributed by atoms with Crippen molar-refractivity contribution < 1.29 is 27.5 Å². The van der Waals surface area contributed by atoms with Crippen molar-refractivity contribution in [3.8, 4) is 5.88 Å². The van der Waals surface area contributed by atoms with E-state index in [4.69, 9.17) is 4.74 Å². The topological polar surface area (TPSA) is 83.6 Å². The normalized spacial score (nSPS) is 14.9. The lowest BCUT2D eigenvalue weighted by Gasteiger charge is -2.25. The van der Waals surface area contributed by atoms with Gasteiger partial charge < -0.3 is 20.3 Å². The van der Waals surface area contributed by atoms with Crippen molar-refractivity contribution >= 4 is 11.9 Å². The van der Waals surface area contributed by atoms with Crippen LogP contribution in [0.5, 0.6) is 5.88 Å². The van der Waals surface area contributed by atoms with Crippen molar-refractivity contribution in [2.45, 2.75) is 31.6 Å². The monoisotopic (exact) mass is 436 g/mol. The molecular formula is C21H23F3N4O3. The minimum atomic E-state index is -4.49. The van der Waals surface area contributed by atoms with Crippen LogP contribution in [0.25, 0.3) is 0 Å². The number of ether oxygens (including phenoxy) is 1. The van der Waals surface area contributed by atoms with Gasteiger partial charge in [0.2, 0.25) is 11.8 Å². The molecule has 2 aromatic rings. The van der Waals surface area contributed by atoms with Crippen LogP contribution < -0.4 is 15.4 Å². The smallest absolute Gasteiger partial charge is 0.422 e. The molecule has 1 unspecified atom stereocenters. The Bertz CT molecular complexity index is 893. The van der Waals surface area contributed by atoms with Crippen molar-refractivity contribution in [1.29, 1.82) is 0 Å². The third-order valence-corrected chi connectivity index (χ3v) is 4.74. The second-order valence-corrected chi connectivity index (χ2v) is 7.11. The summed E-state index contributed by atoms with van der Waals surface area (Å²) in [4.78, 5) is 30.0. The molecule has 2 N–H and O–H groups in total. The summed E-state index contributed by atoms with van der Waals surface area (Å²) in [5.74, 6) is -0.146. The van der Waals surface area contributed by atoms with Crippen LogP contribution in [0.2, 0.25) is 0 Å². The van der Waals surface area contributed by atoms with E-state index in [1.54, 1.807) is 11.0 Å². The van der Waals surface area contributed by atoms with Gasteiger partial charge in [0.15, 0.2) is 6.61 Å². The number of halogens is 3. The molecular weight excluding hydrogens is 413 g/mol. The number of nitrogens with zero attached hydrogens (tertiary/aromatic N) is 2. The van der Waals surface area contributed by atoms with Crippen molar-refractivity contribution in [3.63, 3.8) is 0 Å². The fourth-order valence-corrected chi connectivity index (χ4v) is 3.26. The molecule has 166 valence electrons. The lowest BCUT2D eigenvalue weighted by Crippen LogP contribution is -2.42. The zero-order chi connectivity index (χ0) is 22.3. The van der Waals surface area contributed by atoms with E-state index in [-0.39, 0.29) is 18.3 Å². The van der Waals surface area contributed by atoms with Gasteiger partial charge in [0, 0.05) is 37.8 Å². The summed E-state index contributed by atoms with van der Waals surface area (Å²) in [6, 6.07) is 11.4. The number of urea groups is 1. The molecule has 1 aromatic carbocycles. The Morgan fingerprint density at radius 2 is 1.97 bits per heavy atom. The van der Waals surface area contributed by atoms with Crippen LogP contribution >= 0.6 is 0 Å². The third-order valence-electron chi connectivity index (χ3n) is 4.74. The number of rotatable bonds is 8. The number of aromatic nitrogens is 1. The molecule has 3 amide bonds. The highest BCUT2D eigenvalue weighted by Gasteiger charge is 2.29. The van der Waals surface area contributed by atoms with Crippen molar-refractivity contribution in [2.75, 3.05) is 19.7 Å². The van der Waals surface area contributed by atoms with E-state index < -0.39 is 24.9 Å². The molecule has 1 aliphatic heterocycles. The first-order valence-corrected chi connectivity index (χ1v) is 9.82. The molecule has 1 saturated heterocycles.